The van der Waals surface area contributed by atoms with Crippen LogP contribution < -0.4 is 5.32 Å². The third-order valence-corrected chi connectivity index (χ3v) is 4.04. The monoisotopic (exact) mass is 271 g/mol. The lowest BCUT2D eigenvalue weighted by molar-refractivity contribution is -0.117. The van der Waals surface area contributed by atoms with Crippen LogP contribution in [0.2, 0.25) is 0 Å². The van der Waals surface area contributed by atoms with Crippen LogP contribution in [0.1, 0.15) is 13.8 Å². The number of nitrogens with one attached hydrogen (secondary N) is 1. The largest absolute Gasteiger partial charge is 0.323 e. The number of halogens is 1. The molecule has 0 spiro atoms. The zero-order valence-electron chi connectivity index (χ0n) is 7.93. The number of rotatable bonds is 0. The Morgan fingerprint density at radius 2 is 2.14 bits per heavy atom. The minimum atomic E-state index is -0.381. The van der Waals surface area contributed by atoms with E-state index >= 15 is 0 Å². The zero-order valence-corrected chi connectivity index (χ0v) is 10.3. The van der Waals surface area contributed by atoms with E-state index in [0.29, 0.717) is 0 Å². The summed E-state index contributed by atoms with van der Waals surface area (Å²) < 4.78 is 0.555. The fourth-order valence-corrected chi connectivity index (χ4v) is 3.00. The second-order valence-electron chi connectivity index (χ2n) is 3.68. The van der Waals surface area contributed by atoms with E-state index in [2.05, 4.69) is 21.2 Å². The minimum Gasteiger partial charge on any atom is -0.323 e. The van der Waals surface area contributed by atoms with E-state index in [4.69, 9.17) is 0 Å². The Hall–Kier alpha value is -0.480. The van der Waals surface area contributed by atoms with Gasteiger partial charge in [0.1, 0.15) is 0 Å². The summed E-state index contributed by atoms with van der Waals surface area (Å²) in [7, 11) is 0. The quantitative estimate of drug-likeness (QED) is 0.785. The second-order valence-corrected chi connectivity index (χ2v) is 6.20. The first kappa shape index (κ1) is 10.1. The maximum Gasteiger partial charge on any atom is 0.240 e. The fourth-order valence-electron chi connectivity index (χ4n) is 1.30. The third kappa shape index (κ3) is 1.57. The fraction of sp³-hybridized carbons (Fsp3) is 0.300. The van der Waals surface area contributed by atoms with Crippen molar-refractivity contribution in [1.82, 2.24) is 0 Å². The molecule has 1 aliphatic rings. The first-order chi connectivity index (χ1) is 6.50. The van der Waals surface area contributed by atoms with Crippen LogP contribution in [0, 0.1) is 0 Å². The van der Waals surface area contributed by atoms with Crippen LogP contribution in [0.5, 0.6) is 0 Å². The van der Waals surface area contributed by atoms with E-state index < -0.39 is 0 Å². The first-order valence-corrected chi connectivity index (χ1v) is 5.90. The van der Waals surface area contributed by atoms with Gasteiger partial charge in [-0.25, -0.2) is 0 Å². The maximum absolute atomic E-state index is 11.7. The summed E-state index contributed by atoms with van der Waals surface area (Å²) in [5, 5.41) is 2.91. The van der Waals surface area contributed by atoms with Gasteiger partial charge in [-0.3, -0.25) is 4.79 Å². The molecular weight excluding hydrogens is 262 g/mol. The average Bonchev–Trinajstić information content (AvgIpc) is 2.08. The van der Waals surface area contributed by atoms with Crippen molar-refractivity contribution in [2.45, 2.75) is 23.5 Å². The SMILES string of the molecule is CC1(C)Sc2cccc(Br)c2NC1=O. The molecule has 1 aliphatic heterocycles. The minimum absolute atomic E-state index is 0.0573. The molecule has 0 saturated carbocycles. The molecule has 2 rings (SSSR count). The molecule has 0 aromatic heterocycles. The molecule has 1 heterocycles. The average molecular weight is 272 g/mol. The van der Waals surface area contributed by atoms with Crippen LogP contribution >= 0.6 is 27.7 Å². The van der Waals surface area contributed by atoms with Crippen LogP contribution in [0.25, 0.3) is 0 Å². The van der Waals surface area contributed by atoms with E-state index in [1.807, 2.05) is 32.0 Å². The molecule has 1 amide bonds. The van der Waals surface area contributed by atoms with E-state index in [1.54, 1.807) is 11.8 Å². The highest BCUT2D eigenvalue weighted by atomic mass is 79.9. The molecule has 0 unspecified atom stereocenters. The Morgan fingerprint density at radius 1 is 1.43 bits per heavy atom. The van der Waals surface area contributed by atoms with Crippen LogP contribution in [-0.2, 0) is 4.79 Å². The predicted molar refractivity (Wildman–Crippen MR) is 62.7 cm³/mol. The van der Waals surface area contributed by atoms with Gasteiger partial charge in [0, 0.05) is 9.37 Å². The Bertz CT molecular complexity index is 403. The van der Waals surface area contributed by atoms with Crippen LogP contribution in [0.15, 0.2) is 27.6 Å². The van der Waals surface area contributed by atoms with Crippen LogP contribution in [0.3, 0.4) is 0 Å². The van der Waals surface area contributed by atoms with Crippen molar-refractivity contribution < 1.29 is 4.79 Å². The van der Waals surface area contributed by atoms with Gasteiger partial charge in [0.05, 0.1) is 10.4 Å². The van der Waals surface area contributed by atoms with Gasteiger partial charge in [-0.2, -0.15) is 0 Å². The van der Waals surface area contributed by atoms with Crippen molar-refractivity contribution in [1.29, 1.82) is 0 Å². The van der Waals surface area contributed by atoms with Gasteiger partial charge in [-0.1, -0.05) is 6.07 Å². The lowest BCUT2D eigenvalue weighted by atomic mass is 10.1. The van der Waals surface area contributed by atoms with Crippen molar-refractivity contribution in [3.05, 3.63) is 22.7 Å². The molecule has 2 nitrogen and oxygen atoms in total. The number of fused-ring (bicyclic) bond motifs is 1. The molecule has 1 N–H and O–H groups in total. The Balaban J connectivity index is 2.51. The topological polar surface area (TPSA) is 29.1 Å². The van der Waals surface area contributed by atoms with Crippen LogP contribution in [-0.4, -0.2) is 10.7 Å². The molecule has 0 radical (unpaired) electrons. The van der Waals surface area contributed by atoms with E-state index in [-0.39, 0.29) is 10.7 Å². The number of benzene rings is 1. The van der Waals surface area contributed by atoms with Crippen molar-refractivity contribution in [3.63, 3.8) is 0 Å². The van der Waals surface area contributed by atoms with Gasteiger partial charge in [0.25, 0.3) is 0 Å². The summed E-state index contributed by atoms with van der Waals surface area (Å²) in [5.74, 6) is 0.0573. The number of hydrogen-bond donors (Lipinski definition) is 1. The van der Waals surface area contributed by atoms with Crippen molar-refractivity contribution in [2.24, 2.45) is 0 Å². The number of hydrogen-bond acceptors (Lipinski definition) is 2. The Morgan fingerprint density at radius 3 is 2.86 bits per heavy atom. The number of carbonyl (C=O) groups excluding carboxylic acids is 1. The molecule has 0 aliphatic carbocycles. The summed E-state index contributed by atoms with van der Waals surface area (Å²) in [6.07, 6.45) is 0. The molecule has 1 aromatic carbocycles. The van der Waals surface area contributed by atoms with Crippen molar-refractivity contribution in [2.75, 3.05) is 5.32 Å². The summed E-state index contributed by atoms with van der Waals surface area (Å²) in [5.41, 5.74) is 0.891. The van der Waals surface area contributed by atoms with E-state index in [1.165, 1.54) is 0 Å². The molecule has 14 heavy (non-hydrogen) atoms. The molecule has 0 bridgehead atoms. The standard InChI is InChI=1S/C10H10BrNOS/c1-10(2)9(13)12-8-6(11)4-3-5-7(8)14-10/h3-5H,1-2H3,(H,12,13). The number of anilines is 1. The van der Waals surface area contributed by atoms with Gasteiger partial charge in [0.2, 0.25) is 5.91 Å². The van der Waals surface area contributed by atoms with Gasteiger partial charge < -0.3 is 5.32 Å². The molecule has 74 valence electrons. The molecular formula is C10H10BrNOS. The normalized spacial score (nSPS) is 18.6. The highest BCUT2D eigenvalue weighted by Gasteiger charge is 2.34. The second kappa shape index (κ2) is 3.28. The zero-order chi connectivity index (χ0) is 10.3. The Labute approximate surface area is 95.6 Å². The van der Waals surface area contributed by atoms with E-state index in [9.17, 15) is 4.79 Å². The summed E-state index contributed by atoms with van der Waals surface area (Å²) in [4.78, 5) is 12.8. The summed E-state index contributed by atoms with van der Waals surface area (Å²) in [6.45, 7) is 3.85. The highest BCUT2D eigenvalue weighted by Crippen LogP contribution is 2.44. The number of amides is 1. The Kier molecular flexibility index (Phi) is 2.35. The number of thioether (sulfide) groups is 1. The summed E-state index contributed by atoms with van der Waals surface area (Å²) >= 11 is 5.01. The van der Waals surface area contributed by atoms with Gasteiger partial charge in [-0.05, 0) is 41.9 Å². The summed E-state index contributed by atoms with van der Waals surface area (Å²) in [6, 6.07) is 5.92. The molecule has 4 heteroatoms. The van der Waals surface area contributed by atoms with Gasteiger partial charge in [0.15, 0.2) is 0 Å². The lowest BCUT2D eigenvalue weighted by Gasteiger charge is -2.30. The van der Waals surface area contributed by atoms with Gasteiger partial charge >= 0.3 is 0 Å². The molecule has 1 aromatic rings. The first-order valence-electron chi connectivity index (χ1n) is 4.30. The smallest absolute Gasteiger partial charge is 0.240 e. The number of carbonyl (C=O) groups is 1. The highest BCUT2D eigenvalue weighted by molar-refractivity contribution is 9.10. The van der Waals surface area contributed by atoms with Crippen LogP contribution in [0.4, 0.5) is 5.69 Å². The maximum atomic E-state index is 11.7. The third-order valence-electron chi connectivity index (χ3n) is 2.13. The van der Waals surface area contributed by atoms with E-state index in [0.717, 1.165) is 15.1 Å². The van der Waals surface area contributed by atoms with Crippen molar-refractivity contribution in [3.8, 4) is 0 Å². The molecule has 0 atom stereocenters. The molecule has 0 fully saturated rings. The number of para-hydroxylation sites is 1. The lowest BCUT2D eigenvalue weighted by Crippen LogP contribution is -2.37. The van der Waals surface area contributed by atoms with Crippen molar-refractivity contribution >= 4 is 39.3 Å². The van der Waals surface area contributed by atoms with Gasteiger partial charge in [-0.15, -0.1) is 11.8 Å². The predicted octanol–water partition coefficient (Wildman–Crippen LogP) is 3.27. The molecule has 0 saturated heterocycles.